The average molecular weight is 499 g/mol. The van der Waals surface area contributed by atoms with Gasteiger partial charge >= 0.3 is 10.2 Å². The lowest BCUT2D eigenvalue weighted by molar-refractivity contribution is -0.139. The van der Waals surface area contributed by atoms with Crippen LogP contribution in [0.3, 0.4) is 0 Å². The molecule has 0 radical (unpaired) electrons. The molecule has 0 spiro atoms. The SMILES string of the molecule is CCNC(=O)[C@@H](C)N(Cc1ccc(Cl)cc1)C(=O)CN(c1ccc(F)cc1)S(=O)(=O)N(C)C. The standard InChI is InChI=1S/C22H28ClFN4O4S/c1-5-25-22(30)16(2)27(14-17-6-8-18(23)9-7-17)21(29)15-28(33(31,32)26(3)4)20-12-10-19(24)11-13-20/h6-13,16H,5,14-15H2,1-4H3,(H,25,30)/t16-/m1/s1. The third-order valence-corrected chi connectivity index (χ3v) is 6.99. The van der Waals surface area contributed by atoms with E-state index in [9.17, 15) is 22.4 Å². The van der Waals surface area contributed by atoms with Crippen molar-refractivity contribution in [2.24, 2.45) is 0 Å². The number of rotatable bonds is 10. The van der Waals surface area contributed by atoms with E-state index >= 15 is 0 Å². The normalized spacial score (nSPS) is 12.3. The molecule has 0 aliphatic heterocycles. The lowest BCUT2D eigenvalue weighted by Crippen LogP contribution is -2.52. The molecule has 0 aromatic heterocycles. The van der Waals surface area contributed by atoms with Crippen LogP contribution in [-0.4, -0.2) is 62.7 Å². The summed E-state index contributed by atoms with van der Waals surface area (Å²) in [5, 5.41) is 3.20. The Hall–Kier alpha value is -2.69. The molecule has 0 saturated carbocycles. The fraction of sp³-hybridized carbons (Fsp3) is 0.364. The summed E-state index contributed by atoms with van der Waals surface area (Å²) in [7, 11) is -1.42. The quantitative estimate of drug-likeness (QED) is 0.545. The van der Waals surface area contributed by atoms with Gasteiger partial charge in [-0.15, -0.1) is 0 Å². The molecule has 33 heavy (non-hydrogen) atoms. The highest BCUT2D eigenvalue weighted by molar-refractivity contribution is 7.90. The predicted octanol–water partition coefficient (Wildman–Crippen LogP) is 2.65. The topological polar surface area (TPSA) is 90.0 Å². The molecular weight excluding hydrogens is 471 g/mol. The summed E-state index contributed by atoms with van der Waals surface area (Å²) >= 11 is 5.94. The van der Waals surface area contributed by atoms with Crippen LogP contribution in [0.2, 0.25) is 5.02 Å². The summed E-state index contributed by atoms with van der Waals surface area (Å²) in [5.74, 6) is -1.51. The molecule has 2 aromatic rings. The van der Waals surface area contributed by atoms with Gasteiger partial charge in [0.1, 0.15) is 18.4 Å². The first-order valence-corrected chi connectivity index (χ1v) is 12.0. The second-order valence-electron chi connectivity index (χ2n) is 7.49. The number of nitrogens with zero attached hydrogens (tertiary/aromatic N) is 3. The van der Waals surface area contributed by atoms with Crippen LogP contribution in [0.5, 0.6) is 0 Å². The number of halogens is 2. The molecule has 0 heterocycles. The largest absolute Gasteiger partial charge is 0.355 e. The Balaban J connectivity index is 2.43. The molecule has 0 aliphatic rings. The van der Waals surface area contributed by atoms with Gasteiger partial charge in [0.15, 0.2) is 0 Å². The Morgan fingerprint density at radius 1 is 1.06 bits per heavy atom. The number of benzene rings is 2. The highest BCUT2D eigenvalue weighted by Gasteiger charge is 2.32. The van der Waals surface area contributed by atoms with E-state index in [1.165, 1.54) is 31.1 Å². The van der Waals surface area contributed by atoms with Crippen molar-refractivity contribution in [3.63, 3.8) is 0 Å². The van der Waals surface area contributed by atoms with Crippen LogP contribution in [0.15, 0.2) is 48.5 Å². The van der Waals surface area contributed by atoms with Crippen molar-refractivity contribution >= 4 is 39.3 Å². The zero-order valence-electron chi connectivity index (χ0n) is 19.0. The first-order chi connectivity index (χ1) is 15.5. The summed E-state index contributed by atoms with van der Waals surface area (Å²) in [5.41, 5.74) is 0.836. The minimum atomic E-state index is -4.09. The second kappa shape index (κ2) is 11.4. The first-order valence-electron chi connectivity index (χ1n) is 10.2. The lowest BCUT2D eigenvalue weighted by Gasteiger charge is -2.32. The van der Waals surface area contributed by atoms with Crippen molar-refractivity contribution in [3.05, 3.63) is 64.9 Å². The molecule has 0 fully saturated rings. The Labute approximate surface area is 199 Å². The van der Waals surface area contributed by atoms with Crippen molar-refractivity contribution in [1.82, 2.24) is 14.5 Å². The van der Waals surface area contributed by atoms with E-state index in [4.69, 9.17) is 11.6 Å². The Bertz CT molecular complexity index is 1060. The van der Waals surface area contributed by atoms with Crippen molar-refractivity contribution in [3.8, 4) is 0 Å². The maximum atomic E-state index is 13.4. The number of anilines is 1. The van der Waals surface area contributed by atoms with Crippen LogP contribution < -0.4 is 9.62 Å². The average Bonchev–Trinajstić information content (AvgIpc) is 2.77. The maximum absolute atomic E-state index is 13.4. The Kier molecular flexibility index (Phi) is 9.21. The minimum Gasteiger partial charge on any atom is -0.355 e. The molecule has 0 bridgehead atoms. The third-order valence-electron chi connectivity index (χ3n) is 4.92. The number of nitrogens with one attached hydrogen (secondary N) is 1. The number of amides is 2. The van der Waals surface area contributed by atoms with Crippen LogP contribution in [-0.2, 0) is 26.3 Å². The summed E-state index contributed by atoms with van der Waals surface area (Å²) in [6, 6.07) is 10.7. The molecule has 11 heteroatoms. The van der Waals surface area contributed by atoms with E-state index in [1.54, 1.807) is 38.1 Å². The van der Waals surface area contributed by atoms with Crippen LogP contribution in [0.4, 0.5) is 10.1 Å². The van der Waals surface area contributed by atoms with Gasteiger partial charge in [0.05, 0.1) is 5.69 Å². The van der Waals surface area contributed by atoms with Crippen molar-refractivity contribution in [1.29, 1.82) is 0 Å². The highest BCUT2D eigenvalue weighted by atomic mass is 35.5. The number of likely N-dealkylation sites (N-methyl/N-ethyl adjacent to an activating group) is 1. The van der Waals surface area contributed by atoms with Crippen LogP contribution >= 0.6 is 11.6 Å². The zero-order chi connectivity index (χ0) is 24.8. The molecule has 8 nitrogen and oxygen atoms in total. The number of carbonyl (C=O) groups excluding carboxylic acids is 2. The van der Waals surface area contributed by atoms with Crippen LogP contribution in [0.25, 0.3) is 0 Å². The Morgan fingerprint density at radius 3 is 2.15 bits per heavy atom. The zero-order valence-corrected chi connectivity index (χ0v) is 20.5. The molecule has 0 aliphatic carbocycles. The van der Waals surface area contributed by atoms with Gasteiger partial charge in [-0.2, -0.15) is 12.7 Å². The molecule has 180 valence electrons. The number of hydrogen-bond donors (Lipinski definition) is 1. The molecular formula is C22H28ClFN4O4S. The molecule has 2 amide bonds. The van der Waals surface area contributed by atoms with Gasteiger partial charge in [0.2, 0.25) is 11.8 Å². The third kappa shape index (κ3) is 6.89. The molecule has 0 saturated heterocycles. The Morgan fingerprint density at radius 2 is 1.64 bits per heavy atom. The summed E-state index contributed by atoms with van der Waals surface area (Å²) in [6.07, 6.45) is 0. The van der Waals surface area contributed by atoms with E-state index < -0.39 is 34.5 Å². The van der Waals surface area contributed by atoms with Gasteiger partial charge in [-0.3, -0.25) is 9.59 Å². The summed E-state index contributed by atoms with van der Waals surface area (Å²) < 4.78 is 41.2. The maximum Gasteiger partial charge on any atom is 0.304 e. The number of hydrogen-bond acceptors (Lipinski definition) is 4. The molecule has 2 rings (SSSR count). The van der Waals surface area contributed by atoms with Crippen LogP contribution in [0.1, 0.15) is 19.4 Å². The van der Waals surface area contributed by atoms with Gasteiger partial charge < -0.3 is 10.2 Å². The molecule has 2 aromatic carbocycles. The molecule has 1 N–H and O–H groups in total. The van der Waals surface area contributed by atoms with Gasteiger partial charge in [-0.1, -0.05) is 23.7 Å². The summed E-state index contributed by atoms with van der Waals surface area (Å²) in [6.45, 7) is 3.19. The highest BCUT2D eigenvalue weighted by Crippen LogP contribution is 2.21. The molecule has 0 unspecified atom stereocenters. The van der Waals surface area contributed by atoms with Gasteiger partial charge in [0.25, 0.3) is 0 Å². The minimum absolute atomic E-state index is 0.0631. The van der Waals surface area contributed by atoms with E-state index in [1.807, 2.05) is 0 Å². The lowest BCUT2D eigenvalue weighted by atomic mass is 10.1. The van der Waals surface area contributed by atoms with Crippen molar-refractivity contribution in [2.45, 2.75) is 26.4 Å². The smallest absolute Gasteiger partial charge is 0.304 e. The molecule has 1 atom stereocenters. The van der Waals surface area contributed by atoms with E-state index in [0.29, 0.717) is 17.1 Å². The van der Waals surface area contributed by atoms with Crippen molar-refractivity contribution in [2.75, 3.05) is 31.5 Å². The predicted molar refractivity (Wildman–Crippen MR) is 127 cm³/mol. The van der Waals surface area contributed by atoms with Gasteiger partial charge in [-0.05, 0) is 55.8 Å². The van der Waals surface area contributed by atoms with Gasteiger partial charge in [0, 0.05) is 32.2 Å². The second-order valence-corrected chi connectivity index (χ2v) is 10.00. The fourth-order valence-electron chi connectivity index (χ4n) is 3.02. The van der Waals surface area contributed by atoms with Gasteiger partial charge in [-0.25, -0.2) is 8.70 Å². The summed E-state index contributed by atoms with van der Waals surface area (Å²) in [4.78, 5) is 27.2. The van der Waals surface area contributed by atoms with Crippen molar-refractivity contribution < 1.29 is 22.4 Å². The fourth-order valence-corrected chi connectivity index (χ4v) is 4.20. The number of carbonyl (C=O) groups is 2. The van der Waals surface area contributed by atoms with E-state index in [0.717, 1.165) is 20.7 Å². The monoisotopic (exact) mass is 498 g/mol. The van der Waals surface area contributed by atoms with Crippen LogP contribution in [0, 0.1) is 5.82 Å². The van der Waals surface area contributed by atoms with E-state index in [2.05, 4.69) is 5.32 Å². The first kappa shape index (κ1) is 26.6. The van der Waals surface area contributed by atoms with E-state index in [-0.39, 0.29) is 18.1 Å².